The highest BCUT2D eigenvalue weighted by Gasteiger charge is 2.26. The Morgan fingerprint density at radius 2 is 1.62 bits per heavy atom. The molecular formula is C18H22N4O2. The summed E-state index contributed by atoms with van der Waals surface area (Å²) in [5.74, 6) is 0. The molecule has 0 radical (unpaired) electrons. The first-order valence-corrected chi connectivity index (χ1v) is 8.52. The molecular weight excluding hydrogens is 304 g/mol. The minimum Gasteiger partial charge on any atom is -0.378 e. The van der Waals surface area contributed by atoms with Crippen LogP contribution in [0.3, 0.4) is 0 Å². The molecule has 0 N–H and O–H groups in total. The Hall–Kier alpha value is -2.34. The number of carbonyl (C=O) groups excluding carboxylic acids is 1. The highest BCUT2D eigenvalue weighted by molar-refractivity contribution is 5.93. The second kappa shape index (κ2) is 6.65. The lowest BCUT2D eigenvalue weighted by atomic mass is 10.1. The monoisotopic (exact) mass is 326 g/mol. The summed E-state index contributed by atoms with van der Waals surface area (Å²) in [7, 11) is 0. The van der Waals surface area contributed by atoms with E-state index in [0.717, 1.165) is 37.3 Å². The van der Waals surface area contributed by atoms with Crippen LogP contribution in [0, 0.1) is 0 Å². The zero-order valence-corrected chi connectivity index (χ0v) is 13.7. The van der Waals surface area contributed by atoms with Gasteiger partial charge < -0.3 is 19.4 Å². The van der Waals surface area contributed by atoms with Crippen molar-refractivity contribution in [2.45, 2.75) is 0 Å². The summed E-state index contributed by atoms with van der Waals surface area (Å²) in [6.07, 6.45) is 3.83. The maximum Gasteiger partial charge on any atom is 0.320 e. The number of pyridine rings is 1. The Kier molecular flexibility index (Phi) is 4.21. The van der Waals surface area contributed by atoms with E-state index >= 15 is 0 Å². The highest BCUT2D eigenvalue weighted by Crippen LogP contribution is 2.26. The van der Waals surface area contributed by atoms with Crippen molar-refractivity contribution in [2.24, 2.45) is 0 Å². The number of anilines is 1. The van der Waals surface area contributed by atoms with Crippen LogP contribution < -0.4 is 4.90 Å². The maximum atomic E-state index is 12.6. The van der Waals surface area contributed by atoms with Gasteiger partial charge in [-0.2, -0.15) is 0 Å². The van der Waals surface area contributed by atoms with Gasteiger partial charge in [0, 0.05) is 56.2 Å². The molecule has 126 valence electrons. The number of urea groups is 1. The molecule has 0 saturated carbocycles. The topological polar surface area (TPSA) is 48.9 Å². The van der Waals surface area contributed by atoms with Crippen molar-refractivity contribution < 1.29 is 9.53 Å². The summed E-state index contributed by atoms with van der Waals surface area (Å²) in [6, 6.07) is 8.47. The number of nitrogens with zero attached hydrogens (tertiary/aromatic N) is 4. The van der Waals surface area contributed by atoms with E-state index in [9.17, 15) is 4.79 Å². The average Bonchev–Trinajstić information content (AvgIpc) is 2.68. The molecule has 2 aromatic rings. The minimum atomic E-state index is 0.147. The lowest BCUT2D eigenvalue weighted by Gasteiger charge is -2.39. The SMILES string of the molecule is O=C(N1CCOCC1)N1CCN(c2cncc3ccccc23)CC1. The second-order valence-corrected chi connectivity index (χ2v) is 6.24. The van der Waals surface area contributed by atoms with Gasteiger partial charge in [-0.3, -0.25) is 4.98 Å². The van der Waals surface area contributed by atoms with Gasteiger partial charge in [0.25, 0.3) is 0 Å². The standard InChI is InChI=1S/C18H22N4O2/c23-18(22-9-11-24-12-10-22)21-7-5-20(6-8-21)17-14-19-13-15-3-1-2-4-16(15)17/h1-4,13-14H,5-12H2. The normalized spacial score (nSPS) is 18.9. The molecule has 1 aromatic carbocycles. The number of amides is 2. The number of benzene rings is 1. The van der Waals surface area contributed by atoms with E-state index in [1.165, 1.54) is 5.39 Å². The molecule has 0 spiro atoms. The van der Waals surface area contributed by atoms with Crippen molar-refractivity contribution in [3.63, 3.8) is 0 Å². The van der Waals surface area contributed by atoms with Crippen LogP contribution in [0.2, 0.25) is 0 Å². The van der Waals surface area contributed by atoms with E-state index in [2.05, 4.69) is 28.1 Å². The maximum absolute atomic E-state index is 12.6. The third-order valence-corrected chi connectivity index (χ3v) is 4.82. The molecule has 4 rings (SSSR count). The van der Waals surface area contributed by atoms with E-state index in [0.29, 0.717) is 26.3 Å². The fraction of sp³-hybridized carbons (Fsp3) is 0.444. The predicted molar refractivity (Wildman–Crippen MR) is 93.3 cm³/mol. The Balaban J connectivity index is 1.45. The van der Waals surface area contributed by atoms with Crippen LogP contribution in [0.5, 0.6) is 0 Å². The van der Waals surface area contributed by atoms with Crippen LogP contribution in [-0.4, -0.2) is 73.3 Å². The van der Waals surface area contributed by atoms with Gasteiger partial charge in [-0.25, -0.2) is 4.79 Å². The largest absolute Gasteiger partial charge is 0.378 e. The van der Waals surface area contributed by atoms with Crippen LogP contribution >= 0.6 is 0 Å². The Labute approximate surface area is 141 Å². The summed E-state index contributed by atoms with van der Waals surface area (Å²) in [4.78, 5) is 23.1. The number of hydrogen-bond donors (Lipinski definition) is 0. The molecule has 6 heteroatoms. The lowest BCUT2D eigenvalue weighted by Crippen LogP contribution is -2.54. The van der Waals surface area contributed by atoms with Crippen LogP contribution in [0.1, 0.15) is 0 Å². The molecule has 0 aliphatic carbocycles. The lowest BCUT2D eigenvalue weighted by molar-refractivity contribution is 0.0428. The van der Waals surface area contributed by atoms with Gasteiger partial charge >= 0.3 is 6.03 Å². The van der Waals surface area contributed by atoms with Gasteiger partial charge in [0.2, 0.25) is 0 Å². The summed E-state index contributed by atoms with van der Waals surface area (Å²) in [5.41, 5.74) is 1.16. The number of aromatic nitrogens is 1. The molecule has 2 aliphatic heterocycles. The molecule has 3 heterocycles. The first kappa shape index (κ1) is 15.2. The van der Waals surface area contributed by atoms with Gasteiger partial charge in [0.1, 0.15) is 0 Å². The van der Waals surface area contributed by atoms with Crippen LogP contribution in [-0.2, 0) is 4.74 Å². The Bertz CT molecular complexity index is 717. The summed E-state index contributed by atoms with van der Waals surface area (Å²) < 4.78 is 5.33. The number of hydrogen-bond acceptors (Lipinski definition) is 4. The van der Waals surface area contributed by atoms with Crippen LogP contribution in [0.15, 0.2) is 36.7 Å². The fourth-order valence-electron chi connectivity index (χ4n) is 3.45. The number of piperazine rings is 1. The van der Waals surface area contributed by atoms with Gasteiger partial charge in [-0.1, -0.05) is 24.3 Å². The predicted octanol–water partition coefficient (Wildman–Crippen LogP) is 1.81. The number of carbonyl (C=O) groups is 1. The molecule has 6 nitrogen and oxygen atoms in total. The summed E-state index contributed by atoms with van der Waals surface area (Å²) in [5, 5.41) is 2.38. The molecule has 0 atom stereocenters. The van der Waals surface area contributed by atoms with Crippen LogP contribution in [0.4, 0.5) is 10.5 Å². The first-order chi connectivity index (χ1) is 11.8. The molecule has 2 saturated heterocycles. The molecule has 24 heavy (non-hydrogen) atoms. The van der Waals surface area contributed by atoms with E-state index in [4.69, 9.17) is 4.74 Å². The summed E-state index contributed by atoms with van der Waals surface area (Å²) >= 11 is 0. The van der Waals surface area contributed by atoms with Gasteiger partial charge in [-0.05, 0) is 0 Å². The van der Waals surface area contributed by atoms with Crippen molar-refractivity contribution in [2.75, 3.05) is 57.4 Å². The Morgan fingerprint density at radius 3 is 2.42 bits per heavy atom. The smallest absolute Gasteiger partial charge is 0.320 e. The fourth-order valence-corrected chi connectivity index (χ4v) is 3.45. The van der Waals surface area contributed by atoms with E-state index in [1.807, 2.05) is 28.3 Å². The summed E-state index contributed by atoms with van der Waals surface area (Å²) in [6.45, 7) is 5.87. The molecule has 0 unspecified atom stereocenters. The highest BCUT2D eigenvalue weighted by atomic mass is 16.5. The number of ether oxygens (including phenoxy) is 1. The van der Waals surface area contributed by atoms with Gasteiger partial charge in [0.05, 0.1) is 25.1 Å². The minimum absolute atomic E-state index is 0.147. The average molecular weight is 326 g/mol. The molecule has 2 fully saturated rings. The van der Waals surface area contributed by atoms with Gasteiger partial charge in [-0.15, -0.1) is 0 Å². The molecule has 0 bridgehead atoms. The van der Waals surface area contributed by atoms with E-state index in [-0.39, 0.29) is 6.03 Å². The zero-order chi connectivity index (χ0) is 16.4. The molecule has 1 aromatic heterocycles. The zero-order valence-electron chi connectivity index (χ0n) is 13.7. The van der Waals surface area contributed by atoms with Crippen molar-refractivity contribution in [1.29, 1.82) is 0 Å². The first-order valence-electron chi connectivity index (χ1n) is 8.52. The quantitative estimate of drug-likeness (QED) is 0.802. The molecule has 2 amide bonds. The third-order valence-electron chi connectivity index (χ3n) is 4.82. The van der Waals surface area contributed by atoms with Crippen molar-refractivity contribution in [3.05, 3.63) is 36.7 Å². The van der Waals surface area contributed by atoms with Crippen molar-refractivity contribution >= 4 is 22.5 Å². The van der Waals surface area contributed by atoms with Gasteiger partial charge in [0.15, 0.2) is 0 Å². The second-order valence-electron chi connectivity index (χ2n) is 6.24. The number of morpholine rings is 1. The number of fused-ring (bicyclic) bond motifs is 1. The third kappa shape index (κ3) is 2.89. The van der Waals surface area contributed by atoms with Crippen molar-refractivity contribution in [3.8, 4) is 0 Å². The van der Waals surface area contributed by atoms with E-state index in [1.54, 1.807) is 0 Å². The Morgan fingerprint density at radius 1 is 0.917 bits per heavy atom. The number of rotatable bonds is 1. The van der Waals surface area contributed by atoms with Crippen LogP contribution in [0.25, 0.3) is 10.8 Å². The van der Waals surface area contributed by atoms with E-state index < -0.39 is 0 Å². The van der Waals surface area contributed by atoms with Crippen molar-refractivity contribution in [1.82, 2.24) is 14.8 Å². The molecule has 2 aliphatic rings.